The third-order valence-electron chi connectivity index (χ3n) is 2.88. The Morgan fingerprint density at radius 2 is 1.65 bits per heavy atom. The van der Waals surface area contributed by atoms with Gasteiger partial charge in [-0.15, -0.1) is 0 Å². The number of amides is 1. The molecule has 0 bridgehead atoms. The second-order valence-corrected chi connectivity index (χ2v) is 4.19. The van der Waals surface area contributed by atoms with Gasteiger partial charge in [0.1, 0.15) is 5.82 Å². The van der Waals surface area contributed by atoms with Crippen LogP contribution in [0.25, 0.3) is 0 Å². The standard InChI is InChI=1S/C12H11F6NO/c1-7(8-5-3-4-6-9(8)13)19(2)10(20)11(14,15)12(16,17)18/h3-7H,1-2H3. The van der Waals surface area contributed by atoms with Gasteiger partial charge in [-0.3, -0.25) is 4.79 Å². The summed E-state index contributed by atoms with van der Waals surface area (Å²) in [6.45, 7) is 1.16. The van der Waals surface area contributed by atoms with Gasteiger partial charge in [-0.1, -0.05) is 18.2 Å². The minimum Gasteiger partial charge on any atom is -0.333 e. The van der Waals surface area contributed by atoms with Crippen LogP contribution in [0.3, 0.4) is 0 Å². The number of benzene rings is 1. The van der Waals surface area contributed by atoms with E-state index in [-0.39, 0.29) is 10.5 Å². The molecule has 1 rings (SSSR count). The summed E-state index contributed by atoms with van der Waals surface area (Å²) >= 11 is 0. The second kappa shape index (κ2) is 5.34. The van der Waals surface area contributed by atoms with Crippen molar-refractivity contribution in [1.29, 1.82) is 0 Å². The molecule has 0 aliphatic carbocycles. The van der Waals surface area contributed by atoms with Gasteiger partial charge in [0.05, 0.1) is 6.04 Å². The molecule has 0 saturated carbocycles. The van der Waals surface area contributed by atoms with Crippen LogP contribution in [0, 0.1) is 5.82 Å². The number of hydrogen-bond acceptors (Lipinski definition) is 1. The normalized spacial score (nSPS) is 14.0. The number of carbonyl (C=O) groups is 1. The molecule has 112 valence electrons. The molecule has 1 aromatic carbocycles. The molecule has 0 N–H and O–H groups in total. The molecule has 0 spiro atoms. The Kier molecular flexibility index (Phi) is 4.36. The SMILES string of the molecule is CC(c1ccccc1F)N(C)C(=O)C(F)(F)C(F)(F)F. The number of hydrogen-bond donors (Lipinski definition) is 0. The van der Waals surface area contributed by atoms with Gasteiger partial charge in [0.2, 0.25) is 0 Å². The van der Waals surface area contributed by atoms with Crippen molar-refractivity contribution >= 4 is 5.91 Å². The minimum atomic E-state index is -5.99. The van der Waals surface area contributed by atoms with Crippen molar-refractivity contribution in [3.63, 3.8) is 0 Å². The van der Waals surface area contributed by atoms with Gasteiger partial charge in [0.15, 0.2) is 0 Å². The Hall–Kier alpha value is -1.73. The van der Waals surface area contributed by atoms with Gasteiger partial charge in [-0.2, -0.15) is 22.0 Å². The average molecular weight is 299 g/mol. The predicted molar refractivity (Wildman–Crippen MR) is 58.6 cm³/mol. The molecule has 0 aromatic heterocycles. The van der Waals surface area contributed by atoms with E-state index in [2.05, 4.69) is 0 Å². The summed E-state index contributed by atoms with van der Waals surface area (Å²) in [7, 11) is 0.763. The summed E-state index contributed by atoms with van der Waals surface area (Å²) < 4.78 is 75.7. The number of alkyl halides is 5. The van der Waals surface area contributed by atoms with Crippen LogP contribution in [0.4, 0.5) is 26.3 Å². The zero-order chi connectivity index (χ0) is 15.7. The molecule has 2 nitrogen and oxygen atoms in total. The number of carbonyl (C=O) groups excluding carboxylic acids is 1. The quantitative estimate of drug-likeness (QED) is 0.782. The fourth-order valence-electron chi connectivity index (χ4n) is 1.54. The lowest BCUT2D eigenvalue weighted by Crippen LogP contribution is -2.51. The van der Waals surface area contributed by atoms with Crippen molar-refractivity contribution in [2.45, 2.75) is 25.1 Å². The molecule has 0 radical (unpaired) electrons. The predicted octanol–water partition coefficient (Wildman–Crippen LogP) is 3.54. The molecule has 0 aliphatic rings. The highest BCUT2D eigenvalue weighted by Gasteiger charge is 2.64. The summed E-state index contributed by atoms with van der Waals surface area (Å²) in [6, 6.07) is 3.67. The van der Waals surface area contributed by atoms with Gasteiger partial charge < -0.3 is 4.90 Å². The van der Waals surface area contributed by atoms with Crippen molar-refractivity contribution in [1.82, 2.24) is 4.90 Å². The van der Waals surface area contributed by atoms with Gasteiger partial charge in [-0.25, -0.2) is 4.39 Å². The molecule has 0 saturated heterocycles. The van der Waals surface area contributed by atoms with Gasteiger partial charge >= 0.3 is 18.0 Å². The van der Waals surface area contributed by atoms with Crippen molar-refractivity contribution in [2.24, 2.45) is 0 Å². The van der Waals surface area contributed by atoms with Crippen molar-refractivity contribution in [3.05, 3.63) is 35.6 Å². The molecule has 1 unspecified atom stereocenters. The van der Waals surface area contributed by atoms with Gasteiger partial charge in [0.25, 0.3) is 0 Å². The van der Waals surface area contributed by atoms with E-state index in [0.717, 1.165) is 20.0 Å². The molecule has 1 aromatic rings. The van der Waals surface area contributed by atoms with Crippen LogP contribution >= 0.6 is 0 Å². The Bertz CT molecular complexity index is 499. The minimum absolute atomic E-state index is 0.152. The van der Waals surface area contributed by atoms with Crippen molar-refractivity contribution in [2.75, 3.05) is 7.05 Å². The van der Waals surface area contributed by atoms with E-state index in [4.69, 9.17) is 0 Å². The van der Waals surface area contributed by atoms with E-state index in [1.165, 1.54) is 18.2 Å². The molecule has 8 heteroatoms. The number of nitrogens with zero attached hydrogens (tertiary/aromatic N) is 1. The molecule has 0 fully saturated rings. The third kappa shape index (κ3) is 2.88. The maximum atomic E-state index is 13.4. The molecule has 0 aliphatic heterocycles. The van der Waals surface area contributed by atoms with Crippen LogP contribution in [0.5, 0.6) is 0 Å². The van der Waals surface area contributed by atoms with Crippen LogP contribution in [-0.2, 0) is 4.79 Å². The lowest BCUT2D eigenvalue weighted by molar-refractivity contribution is -0.274. The summed E-state index contributed by atoms with van der Waals surface area (Å²) in [5.74, 6) is -8.74. The van der Waals surface area contributed by atoms with E-state index >= 15 is 0 Å². The lowest BCUT2D eigenvalue weighted by Gasteiger charge is -2.29. The second-order valence-electron chi connectivity index (χ2n) is 4.19. The van der Waals surface area contributed by atoms with Crippen LogP contribution in [-0.4, -0.2) is 30.0 Å². The molecule has 1 amide bonds. The zero-order valence-electron chi connectivity index (χ0n) is 10.5. The fraction of sp³-hybridized carbons (Fsp3) is 0.417. The molecule has 0 heterocycles. The van der Waals surface area contributed by atoms with Crippen molar-refractivity contribution < 1.29 is 31.1 Å². The monoisotopic (exact) mass is 299 g/mol. The van der Waals surface area contributed by atoms with Crippen LogP contribution in [0.15, 0.2) is 24.3 Å². The zero-order valence-corrected chi connectivity index (χ0v) is 10.5. The maximum absolute atomic E-state index is 13.4. The maximum Gasteiger partial charge on any atom is 0.463 e. The van der Waals surface area contributed by atoms with Crippen LogP contribution in [0.2, 0.25) is 0 Å². The first-order valence-electron chi connectivity index (χ1n) is 5.46. The summed E-state index contributed by atoms with van der Waals surface area (Å²) in [6.07, 6.45) is -5.99. The van der Waals surface area contributed by atoms with E-state index < -0.39 is 29.9 Å². The number of halogens is 6. The third-order valence-corrected chi connectivity index (χ3v) is 2.88. The summed E-state index contributed by atoms with van der Waals surface area (Å²) in [5, 5.41) is 0. The van der Waals surface area contributed by atoms with Gasteiger partial charge in [-0.05, 0) is 13.0 Å². The van der Waals surface area contributed by atoms with E-state index in [0.29, 0.717) is 0 Å². The highest BCUT2D eigenvalue weighted by molar-refractivity contribution is 5.84. The first kappa shape index (κ1) is 16.3. The molecule has 1 atom stereocenters. The molecule has 20 heavy (non-hydrogen) atoms. The Balaban J connectivity index is 3.04. The smallest absolute Gasteiger partial charge is 0.333 e. The number of rotatable bonds is 3. The largest absolute Gasteiger partial charge is 0.463 e. The van der Waals surface area contributed by atoms with E-state index in [1.54, 1.807) is 0 Å². The van der Waals surface area contributed by atoms with Crippen LogP contribution < -0.4 is 0 Å². The highest BCUT2D eigenvalue weighted by atomic mass is 19.4. The topological polar surface area (TPSA) is 20.3 Å². The Morgan fingerprint density at radius 3 is 2.10 bits per heavy atom. The fourth-order valence-corrected chi connectivity index (χ4v) is 1.54. The first-order chi connectivity index (χ1) is 9.00. The van der Waals surface area contributed by atoms with E-state index in [9.17, 15) is 31.1 Å². The molecular formula is C12H11F6NO. The summed E-state index contributed by atoms with van der Waals surface area (Å²) in [4.78, 5) is 11.4. The average Bonchev–Trinajstić information content (AvgIpc) is 2.35. The lowest BCUT2D eigenvalue weighted by atomic mass is 10.1. The van der Waals surface area contributed by atoms with Gasteiger partial charge in [0, 0.05) is 12.6 Å². The highest BCUT2D eigenvalue weighted by Crippen LogP contribution is 2.38. The Morgan fingerprint density at radius 1 is 1.15 bits per heavy atom. The first-order valence-corrected chi connectivity index (χ1v) is 5.46. The van der Waals surface area contributed by atoms with E-state index in [1.807, 2.05) is 0 Å². The Labute approximate surface area is 111 Å². The molecular weight excluding hydrogens is 288 g/mol. The summed E-state index contributed by atoms with van der Waals surface area (Å²) in [5.41, 5.74) is -0.152. The van der Waals surface area contributed by atoms with Crippen molar-refractivity contribution in [3.8, 4) is 0 Å². The van der Waals surface area contributed by atoms with Crippen LogP contribution in [0.1, 0.15) is 18.5 Å².